The highest BCUT2D eigenvalue weighted by Gasteiger charge is 2.37. The molecule has 0 bridgehead atoms. The van der Waals surface area contributed by atoms with Gasteiger partial charge in [-0.05, 0) is 25.5 Å². The summed E-state index contributed by atoms with van der Waals surface area (Å²) in [5.41, 5.74) is 1.29. The maximum Gasteiger partial charge on any atom is 0.124 e. The van der Waals surface area contributed by atoms with E-state index in [-0.39, 0.29) is 0 Å². The third-order valence-electron chi connectivity index (χ3n) is 4.64. The molecule has 1 N–H and O–H groups in total. The molecule has 0 radical (unpaired) electrons. The summed E-state index contributed by atoms with van der Waals surface area (Å²) < 4.78 is 11.5. The molecule has 1 aromatic carbocycles. The lowest BCUT2D eigenvalue weighted by Crippen LogP contribution is -2.49. The summed E-state index contributed by atoms with van der Waals surface area (Å²) in [5, 5.41) is 3.72. The van der Waals surface area contributed by atoms with E-state index in [2.05, 4.69) is 35.3 Å². The van der Waals surface area contributed by atoms with Gasteiger partial charge in [0.2, 0.25) is 0 Å². The quantitative estimate of drug-likeness (QED) is 0.901. The first-order chi connectivity index (χ1) is 10.3. The van der Waals surface area contributed by atoms with Crippen molar-refractivity contribution >= 4 is 0 Å². The minimum atomic E-state index is 0.352. The van der Waals surface area contributed by atoms with Crippen molar-refractivity contribution in [2.45, 2.75) is 38.0 Å². The molecular weight excluding hydrogens is 264 g/mol. The van der Waals surface area contributed by atoms with Gasteiger partial charge in [0.25, 0.3) is 0 Å². The van der Waals surface area contributed by atoms with E-state index in [1.165, 1.54) is 5.56 Å². The van der Waals surface area contributed by atoms with Gasteiger partial charge in [0.05, 0.1) is 18.2 Å². The molecule has 4 heteroatoms. The van der Waals surface area contributed by atoms with Crippen molar-refractivity contribution in [1.29, 1.82) is 0 Å². The average Bonchev–Trinajstić information content (AvgIpc) is 3.01. The number of methoxy groups -OCH3 is 1. The van der Waals surface area contributed by atoms with Crippen molar-refractivity contribution in [3.63, 3.8) is 0 Å². The van der Waals surface area contributed by atoms with E-state index in [9.17, 15) is 0 Å². The van der Waals surface area contributed by atoms with Crippen molar-refractivity contribution in [2.24, 2.45) is 0 Å². The second kappa shape index (κ2) is 6.77. The van der Waals surface area contributed by atoms with Crippen LogP contribution in [0.3, 0.4) is 0 Å². The molecule has 2 aliphatic heterocycles. The Morgan fingerprint density at radius 3 is 3.00 bits per heavy atom. The van der Waals surface area contributed by atoms with Gasteiger partial charge < -0.3 is 14.8 Å². The molecular formula is C17H26N2O2. The molecule has 1 fully saturated rings. The van der Waals surface area contributed by atoms with Crippen LogP contribution in [-0.2, 0) is 4.74 Å². The third-order valence-corrected chi connectivity index (χ3v) is 4.64. The van der Waals surface area contributed by atoms with Gasteiger partial charge in [-0.25, -0.2) is 0 Å². The number of nitrogens with one attached hydrogen (secondary N) is 1. The summed E-state index contributed by atoms with van der Waals surface area (Å²) in [5.74, 6) is 1.03. The number of fused-ring (bicyclic) bond motifs is 1. The number of benzene rings is 1. The van der Waals surface area contributed by atoms with Crippen LogP contribution in [0.1, 0.15) is 31.4 Å². The number of nitrogens with zero attached hydrogens (tertiary/aromatic N) is 1. The maximum atomic E-state index is 6.01. The zero-order chi connectivity index (χ0) is 14.7. The molecule has 21 heavy (non-hydrogen) atoms. The van der Waals surface area contributed by atoms with Crippen LogP contribution in [0, 0.1) is 0 Å². The van der Waals surface area contributed by atoms with Gasteiger partial charge in [0.15, 0.2) is 0 Å². The van der Waals surface area contributed by atoms with Crippen molar-refractivity contribution in [1.82, 2.24) is 10.2 Å². The number of likely N-dealkylation sites (tertiary alicyclic amines) is 1. The lowest BCUT2D eigenvalue weighted by Gasteiger charge is -2.39. The minimum Gasteiger partial charge on any atom is -0.492 e. The Balaban J connectivity index is 1.80. The summed E-state index contributed by atoms with van der Waals surface area (Å²) in [4.78, 5) is 2.53. The topological polar surface area (TPSA) is 33.7 Å². The molecule has 3 rings (SSSR count). The molecule has 3 atom stereocenters. The van der Waals surface area contributed by atoms with Crippen molar-refractivity contribution in [3.05, 3.63) is 29.8 Å². The first-order valence-electron chi connectivity index (χ1n) is 8.05. The van der Waals surface area contributed by atoms with Crippen LogP contribution in [0.25, 0.3) is 0 Å². The van der Waals surface area contributed by atoms with Gasteiger partial charge in [0, 0.05) is 25.8 Å². The minimum absolute atomic E-state index is 0.352. The maximum absolute atomic E-state index is 6.01. The van der Waals surface area contributed by atoms with Crippen LogP contribution in [0.2, 0.25) is 0 Å². The summed E-state index contributed by atoms with van der Waals surface area (Å²) >= 11 is 0. The molecule has 1 saturated heterocycles. The summed E-state index contributed by atoms with van der Waals surface area (Å²) in [6.07, 6.45) is 2.64. The molecule has 0 amide bonds. The van der Waals surface area contributed by atoms with Gasteiger partial charge in [-0.3, -0.25) is 4.90 Å². The molecule has 1 aromatic rings. The Labute approximate surface area is 127 Å². The number of para-hydroxylation sites is 1. The van der Waals surface area contributed by atoms with E-state index in [0.29, 0.717) is 18.2 Å². The number of hydrogen-bond donors (Lipinski definition) is 1. The molecule has 0 aliphatic carbocycles. The molecule has 0 aromatic heterocycles. The standard InChI is InChI=1S/C17H26N2O2/c1-3-9-18-17-14-6-4-5-7-16(14)21-12-15(17)19-10-8-13(11-19)20-2/h4-7,13,15,17-18H,3,8-12H2,1-2H3. The van der Waals surface area contributed by atoms with Crippen LogP contribution in [0.5, 0.6) is 5.75 Å². The molecule has 116 valence electrons. The normalized spacial score (nSPS) is 29.1. The van der Waals surface area contributed by atoms with Crippen LogP contribution in [-0.4, -0.2) is 50.4 Å². The van der Waals surface area contributed by atoms with Crippen molar-refractivity contribution < 1.29 is 9.47 Å². The van der Waals surface area contributed by atoms with Crippen LogP contribution < -0.4 is 10.1 Å². The molecule has 4 nitrogen and oxygen atoms in total. The first kappa shape index (κ1) is 14.8. The fraction of sp³-hybridized carbons (Fsp3) is 0.647. The average molecular weight is 290 g/mol. The second-order valence-corrected chi connectivity index (χ2v) is 5.99. The highest BCUT2D eigenvalue weighted by molar-refractivity contribution is 5.38. The Kier molecular flexibility index (Phi) is 4.78. The fourth-order valence-corrected chi connectivity index (χ4v) is 3.46. The SMILES string of the molecule is CCCNC1c2ccccc2OCC1N1CCC(OC)C1. The van der Waals surface area contributed by atoms with E-state index in [4.69, 9.17) is 9.47 Å². The molecule has 0 spiro atoms. The predicted octanol–water partition coefficient (Wildman–Crippen LogP) is 2.21. The number of hydrogen-bond acceptors (Lipinski definition) is 4. The second-order valence-electron chi connectivity index (χ2n) is 5.99. The Hall–Kier alpha value is -1.10. The van der Waals surface area contributed by atoms with Crippen LogP contribution >= 0.6 is 0 Å². The highest BCUT2D eigenvalue weighted by Crippen LogP contribution is 2.35. The highest BCUT2D eigenvalue weighted by atomic mass is 16.5. The van der Waals surface area contributed by atoms with Gasteiger partial charge in [-0.1, -0.05) is 25.1 Å². The van der Waals surface area contributed by atoms with Crippen molar-refractivity contribution in [2.75, 3.05) is 33.4 Å². The Bertz CT molecular complexity index is 466. The largest absolute Gasteiger partial charge is 0.492 e. The fourth-order valence-electron chi connectivity index (χ4n) is 3.46. The van der Waals surface area contributed by atoms with E-state index in [1.54, 1.807) is 0 Å². The van der Waals surface area contributed by atoms with E-state index < -0.39 is 0 Å². The van der Waals surface area contributed by atoms with Gasteiger partial charge >= 0.3 is 0 Å². The first-order valence-corrected chi connectivity index (χ1v) is 8.05. The zero-order valence-electron chi connectivity index (χ0n) is 13.0. The lowest BCUT2D eigenvalue weighted by atomic mass is 9.95. The number of ether oxygens (including phenoxy) is 2. The van der Waals surface area contributed by atoms with Gasteiger partial charge in [-0.2, -0.15) is 0 Å². The molecule has 2 heterocycles. The lowest BCUT2D eigenvalue weighted by molar-refractivity contribution is 0.0720. The predicted molar refractivity (Wildman–Crippen MR) is 83.7 cm³/mol. The molecule has 2 aliphatic rings. The monoisotopic (exact) mass is 290 g/mol. The van der Waals surface area contributed by atoms with Gasteiger partial charge in [-0.15, -0.1) is 0 Å². The van der Waals surface area contributed by atoms with E-state index in [0.717, 1.165) is 44.8 Å². The van der Waals surface area contributed by atoms with Crippen LogP contribution in [0.15, 0.2) is 24.3 Å². The Morgan fingerprint density at radius 2 is 2.24 bits per heavy atom. The third kappa shape index (κ3) is 3.07. The zero-order valence-corrected chi connectivity index (χ0v) is 13.0. The van der Waals surface area contributed by atoms with E-state index in [1.807, 2.05) is 13.2 Å². The molecule has 0 saturated carbocycles. The van der Waals surface area contributed by atoms with E-state index >= 15 is 0 Å². The summed E-state index contributed by atoms with van der Waals surface area (Å²) in [6, 6.07) is 9.17. The Morgan fingerprint density at radius 1 is 1.38 bits per heavy atom. The van der Waals surface area contributed by atoms with Crippen LogP contribution in [0.4, 0.5) is 0 Å². The summed E-state index contributed by atoms with van der Waals surface area (Å²) in [7, 11) is 1.81. The molecule has 3 unspecified atom stereocenters. The number of rotatable bonds is 5. The summed E-state index contributed by atoms with van der Waals surface area (Å²) in [6.45, 7) is 6.12. The smallest absolute Gasteiger partial charge is 0.124 e. The van der Waals surface area contributed by atoms with Crippen molar-refractivity contribution in [3.8, 4) is 5.75 Å². The van der Waals surface area contributed by atoms with Gasteiger partial charge in [0.1, 0.15) is 12.4 Å².